The van der Waals surface area contributed by atoms with Crippen molar-refractivity contribution in [1.29, 1.82) is 5.26 Å². The van der Waals surface area contributed by atoms with E-state index in [0.29, 0.717) is 12.0 Å². The van der Waals surface area contributed by atoms with Gasteiger partial charge in [0.05, 0.1) is 11.6 Å². The number of nitriles is 1. The van der Waals surface area contributed by atoms with Crippen LogP contribution in [0.15, 0.2) is 24.4 Å². The van der Waals surface area contributed by atoms with Gasteiger partial charge in [-0.2, -0.15) is 5.26 Å². The van der Waals surface area contributed by atoms with Crippen molar-refractivity contribution < 1.29 is 0 Å². The first-order valence-electron chi connectivity index (χ1n) is 7.83. The lowest BCUT2D eigenvalue weighted by atomic mass is 9.96. The number of hydrogen-bond acceptors (Lipinski definition) is 2. The summed E-state index contributed by atoms with van der Waals surface area (Å²) in [4.78, 5) is 2.35. The Bertz CT molecular complexity index is 690. The summed E-state index contributed by atoms with van der Waals surface area (Å²) >= 11 is 0. The van der Waals surface area contributed by atoms with Gasteiger partial charge in [-0.05, 0) is 70.0 Å². The maximum absolute atomic E-state index is 9.17. The molecule has 1 heterocycles. The molecule has 2 aromatic rings. The minimum Gasteiger partial charge on any atom is -0.347 e. The summed E-state index contributed by atoms with van der Waals surface area (Å²) in [6.07, 6.45) is 6.07. The molecule has 0 radical (unpaired) electrons. The van der Waals surface area contributed by atoms with Crippen LogP contribution < -0.4 is 0 Å². The van der Waals surface area contributed by atoms with Gasteiger partial charge in [-0.3, -0.25) is 0 Å². The van der Waals surface area contributed by atoms with E-state index in [1.54, 1.807) is 0 Å². The minimum atomic E-state index is 0.627. The van der Waals surface area contributed by atoms with E-state index in [0.717, 1.165) is 12.1 Å². The van der Waals surface area contributed by atoms with Crippen LogP contribution >= 0.6 is 0 Å². The summed E-state index contributed by atoms with van der Waals surface area (Å²) in [7, 11) is 4.35. The highest BCUT2D eigenvalue weighted by Crippen LogP contribution is 2.40. The van der Waals surface area contributed by atoms with Crippen molar-refractivity contribution in [2.45, 2.75) is 44.7 Å². The molecule has 3 nitrogen and oxygen atoms in total. The van der Waals surface area contributed by atoms with Crippen molar-refractivity contribution in [3.8, 4) is 6.07 Å². The van der Waals surface area contributed by atoms with E-state index in [-0.39, 0.29) is 0 Å². The molecule has 1 fully saturated rings. The van der Waals surface area contributed by atoms with Gasteiger partial charge in [0.25, 0.3) is 0 Å². The molecule has 1 aliphatic rings. The fourth-order valence-electron chi connectivity index (χ4n) is 3.69. The Labute approximate surface area is 126 Å². The smallest absolute Gasteiger partial charge is 0.0991 e. The number of hydrogen-bond donors (Lipinski definition) is 0. The van der Waals surface area contributed by atoms with Crippen LogP contribution in [0.25, 0.3) is 10.9 Å². The fraction of sp³-hybridized carbons (Fsp3) is 0.500. The first kappa shape index (κ1) is 14.2. The van der Waals surface area contributed by atoms with E-state index in [9.17, 15) is 0 Å². The van der Waals surface area contributed by atoms with Gasteiger partial charge in [-0.15, -0.1) is 0 Å². The van der Waals surface area contributed by atoms with Crippen molar-refractivity contribution in [1.82, 2.24) is 9.47 Å². The number of benzene rings is 1. The van der Waals surface area contributed by atoms with E-state index in [4.69, 9.17) is 5.26 Å². The molecule has 21 heavy (non-hydrogen) atoms. The Hall–Kier alpha value is -1.79. The summed E-state index contributed by atoms with van der Waals surface area (Å²) in [5.74, 6) is 0.627. The predicted molar refractivity (Wildman–Crippen MR) is 86.4 cm³/mol. The molecule has 110 valence electrons. The lowest BCUT2D eigenvalue weighted by molar-refractivity contribution is 0.297. The summed E-state index contributed by atoms with van der Waals surface area (Å²) < 4.78 is 2.31. The monoisotopic (exact) mass is 281 g/mol. The summed E-state index contributed by atoms with van der Waals surface area (Å²) in [5.41, 5.74) is 3.47. The molecular weight excluding hydrogens is 258 g/mol. The number of aromatic nitrogens is 1. The molecular formula is C18H23N3. The fourth-order valence-corrected chi connectivity index (χ4v) is 3.69. The standard InChI is InChI=1S/C18H23N3/c1-4-21-12-17(14-6-7-15(10-14)20(2)3)16-9-13(11-19)5-8-18(16)21/h5,8-9,12,14-15H,4,6-7,10H2,1-3H3/t14-,15-/m0/s1. The Balaban J connectivity index is 2.04. The van der Waals surface area contributed by atoms with Crippen molar-refractivity contribution in [3.05, 3.63) is 35.5 Å². The van der Waals surface area contributed by atoms with Crippen LogP contribution in [0.5, 0.6) is 0 Å². The van der Waals surface area contributed by atoms with Gasteiger partial charge in [-0.25, -0.2) is 0 Å². The van der Waals surface area contributed by atoms with Crippen molar-refractivity contribution in [3.63, 3.8) is 0 Å². The van der Waals surface area contributed by atoms with Crippen LogP contribution in [0.3, 0.4) is 0 Å². The summed E-state index contributed by atoms with van der Waals surface area (Å²) in [5, 5.41) is 10.4. The van der Waals surface area contributed by atoms with E-state index >= 15 is 0 Å². The maximum atomic E-state index is 9.17. The second-order valence-electron chi connectivity index (χ2n) is 6.34. The van der Waals surface area contributed by atoms with Gasteiger partial charge in [0.15, 0.2) is 0 Å². The lowest BCUT2D eigenvalue weighted by Crippen LogP contribution is -2.24. The molecule has 1 aliphatic carbocycles. The average molecular weight is 281 g/mol. The first-order chi connectivity index (χ1) is 10.1. The molecule has 3 rings (SSSR count). The third-order valence-electron chi connectivity index (χ3n) is 4.96. The van der Waals surface area contributed by atoms with Crippen LogP contribution in [0, 0.1) is 11.3 Å². The highest BCUT2D eigenvalue weighted by atomic mass is 15.1. The van der Waals surface area contributed by atoms with Crippen LogP contribution in [0.2, 0.25) is 0 Å². The van der Waals surface area contributed by atoms with E-state index in [2.05, 4.69) is 54.9 Å². The maximum Gasteiger partial charge on any atom is 0.0991 e. The number of aryl methyl sites for hydroxylation is 1. The molecule has 1 saturated carbocycles. The molecule has 0 spiro atoms. The molecule has 0 unspecified atom stereocenters. The second-order valence-corrected chi connectivity index (χ2v) is 6.34. The van der Waals surface area contributed by atoms with Gasteiger partial charge in [-0.1, -0.05) is 0 Å². The average Bonchev–Trinajstić information content (AvgIpc) is 3.10. The van der Waals surface area contributed by atoms with E-state index in [1.807, 2.05) is 6.07 Å². The minimum absolute atomic E-state index is 0.627. The van der Waals surface area contributed by atoms with Gasteiger partial charge in [0.1, 0.15) is 0 Å². The van der Waals surface area contributed by atoms with Crippen LogP contribution in [-0.2, 0) is 6.54 Å². The van der Waals surface area contributed by atoms with E-state index < -0.39 is 0 Å². The Kier molecular flexibility index (Phi) is 3.73. The zero-order chi connectivity index (χ0) is 15.0. The summed E-state index contributed by atoms with van der Waals surface area (Å²) in [6, 6.07) is 9.05. The van der Waals surface area contributed by atoms with Crippen molar-refractivity contribution >= 4 is 10.9 Å². The first-order valence-corrected chi connectivity index (χ1v) is 7.83. The predicted octanol–water partition coefficient (Wildman–Crippen LogP) is 3.73. The number of nitrogens with zero attached hydrogens (tertiary/aromatic N) is 3. The van der Waals surface area contributed by atoms with Gasteiger partial charge in [0, 0.05) is 29.7 Å². The molecule has 1 aromatic carbocycles. The van der Waals surface area contributed by atoms with Crippen molar-refractivity contribution in [2.24, 2.45) is 0 Å². The quantitative estimate of drug-likeness (QED) is 0.858. The third kappa shape index (κ3) is 2.45. The third-order valence-corrected chi connectivity index (χ3v) is 4.96. The molecule has 2 atom stereocenters. The van der Waals surface area contributed by atoms with Gasteiger partial charge < -0.3 is 9.47 Å². The van der Waals surface area contributed by atoms with Crippen LogP contribution in [0.1, 0.15) is 43.2 Å². The topological polar surface area (TPSA) is 32.0 Å². The van der Waals surface area contributed by atoms with E-state index in [1.165, 1.54) is 35.7 Å². The SMILES string of the molecule is CCn1cc([C@H]2CC[C@H](N(C)C)C2)c2cc(C#N)ccc21. The Morgan fingerprint density at radius 1 is 1.33 bits per heavy atom. The normalized spacial score (nSPS) is 22.0. The Morgan fingerprint density at radius 2 is 2.14 bits per heavy atom. The largest absolute Gasteiger partial charge is 0.347 e. The number of fused-ring (bicyclic) bond motifs is 1. The molecule has 0 N–H and O–H groups in total. The highest BCUT2D eigenvalue weighted by Gasteiger charge is 2.29. The van der Waals surface area contributed by atoms with Crippen LogP contribution in [0.4, 0.5) is 0 Å². The zero-order valence-electron chi connectivity index (χ0n) is 13.1. The number of rotatable bonds is 3. The Morgan fingerprint density at radius 3 is 2.76 bits per heavy atom. The highest BCUT2D eigenvalue weighted by molar-refractivity contribution is 5.86. The zero-order valence-corrected chi connectivity index (χ0v) is 13.1. The molecule has 3 heteroatoms. The van der Waals surface area contributed by atoms with Crippen molar-refractivity contribution in [2.75, 3.05) is 14.1 Å². The molecule has 0 amide bonds. The summed E-state index contributed by atoms with van der Waals surface area (Å²) in [6.45, 7) is 3.16. The molecule has 0 aliphatic heterocycles. The molecule has 0 saturated heterocycles. The van der Waals surface area contributed by atoms with Gasteiger partial charge >= 0.3 is 0 Å². The molecule has 0 bridgehead atoms. The van der Waals surface area contributed by atoms with Crippen LogP contribution in [-0.4, -0.2) is 29.6 Å². The lowest BCUT2D eigenvalue weighted by Gasteiger charge is -2.18. The van der Waals surface area contributed by atoms with Gasteiger partial charge in [0.2, 0.25) is 0 Å². The second kappa shape index (κ2) is 5.54. The molecule has 1 aromatic heterocycles.